The van der Waals surface area contributed by atoms with Crippen molar-refractivity contribution in [3.05, 3.63) is 164 Å². The van der Waals surface area contributed by atoms with E-state index in [1.165, 1.54) is 68.9 Å². The van der Waals surface area contributed by atoms with E-state index in [2.05, 4.69) is 169 Å². The third-order valence-electron chi connectivity index (χ3n) is 10.2. The van der Waals surface area contributed by atoms with Crippen molar-refractivity contribution >= 4 is 114 Å². The number of fused-ring (bicyclic) bond motifs is 13. The van der Waals surface area contributed by atoms with Gasteiger partial charge >= 0.3 is 0 Å². The maximum atomic E-state index is 6.44. The van der Waals surface area contributed by atoms with E-state index >= 15 is 0 Å². The molecule has 0 N–H and O–H groups in total. The van der Waals surface area contributed by atoms with Crippen LogP contribution in [-0.2, 0) is 0 Å². The molecule has 0 radical (unpaired) electrons. The molecule has 0 saturated carbocycles. The minimum absolute atomic E-state index is 0.895. The van der Waals surface area contributed by atoms with Crippen molar-refractivity contribution in [1.29, 1.82) is 0 Å². The Morgan fingerprint density at radius 3 is 1.82 bits per heavy atom. The van der Waals surface area contributed by atoms with Crippen molar-refractivity contribution in [2.75, 3.05) is 4.90 Å². The molecule has 11 rings (SSSR count). The first kappa shape index (κ1) is 26.9. The first-order chi connectivity index (χ1) is 24.3. The van der Waals surface area contributed by atoms with Crippen LogP contribution in [0.5, 0.6) is 0 Å². The van der Waals surface area contributed by atoms with Crippen LogP contribution in [0.4, 0.5) is 17.1 Å². The summed E-state index contributed by atoms with van der Waals surface area (Å²) in [5.41, 5.74) is 5.19. The van der Waals surface area contributed by atoms with Crippen LogP contribution >= 0.6 is 11.3 Å². The molecule has 0 aliphatic rings. The van der Waals surface area contributed by atoms with Crippen molar-refractivity contribution in [2.24, 2.45) is 0 Å². The number of benzene rings is 9. The van der Waals surface area contributed by atoms with Gasteiger partial charge in [-0.2, -0.15) is 0 Å². The summed E-state index contributed by atoms with van der Waals surface area (Å²) in [6.07, 6.45) is 0. The van der Waals surface area contributed by atoms with Gasteiger partial charge < -0.3 is 9.32 Å². The first-order valence-electron chi connectivity index (χ1n) is 16.7. The fourth-order valence-corrected chi connectivity index (χ4v) is 9.19. The molecule has 49 heavy (non-hydrogen) atoms. The van der Waals surface area contributed by atoms with Gasteiger partial charge in [0.05, 0.1) is 10.4 Å². The van der Waals surface area contributed by atoms with Crippen molar-refractivity contribution in [2.45, 2.75) is 0 Å². The molecule has 0 atom stereocenters. The van der Waals surface area contributed by atoms with Crippen LogP contribution in [0.25, 0.3) is 85.2 Å². The molecule has 11 aromatic rings. The van der Waals surface area contributed by atoms with E-state index < -0.39 is 0 Å². The number of rotatable bonds is 3. The molecule has 0 spiro atoms. The van der Waals surface area contributed by atoms with Gasteiger partial charge in [-0.3, -0.25) is 0 Å². The highest BCUT2D eigenvalue weighted by molar-refractivity contribution is 7.26. The van der Waals surface area contributed by atoms with E-state index in [4.69, 9.17) is 4.42 Å². The van der Waals surface area contributed by atoms with Crippen LogP contribution in [0.3, 0.4) is 0 Å². The van der Waals surface area contributed by atoms with Crippen molar-refractivity contribution in [1.82, 2.24) is 0 Å². The first-order valence-corrected chi connectivity index (χ1v) is 17.5. The fourth-order valence-electron chi connectivity index (χ4n) is 7.97. The van der Waals surface area contributed by atoms with E-state index in [0.29, 0.717) is 0 Å². The highest BCUT2D eigenvalue weighted by atomic mass is 32.1. The molecule has 0 aliphatic carbocycles. The molecule has 0 aliphatic heterocycles. The van der Waals surface area contributed by atoms with E-state index in [1.807, 2.05) is 11.3 Å². The summed E-state index contributed by atoms with van der Waals surface area (Å²) in [5.74, 6) is 0. The Balaban J connectivity index is 1.22. The summed E-state index contributed by atoms with van der Waals surface area (Å²) < 4.78 is 9.01. The second kappa shape index (κ2) is 10.2. The highest BCUT2D eigenvalue weighted by Crippen LogP contribution is 2.48. The predicted octanol–water partition coefficient (Wildman–Crippen LogP) is 14.0. The Kier molecular flexibility index (Phi) is 5.57. The summed E-state index contributed by atoms with van der Waals surface area (Å²) in [7, 11) is 0. The van der Waals surface area contributed by atoms with E-state index in [9.17, 15) is 0 Å². The van der Waals surface area contributed by atoms with Crippen molar-refractivity contribution in [3.8, 4) is 0 Å². The quantitative estimate of drug-likeness (QED) is 0.179. The van der Waals surface area contributed by atoms with Gasteiger partial charge in [-0.15, -0.1) is 11.3 Å². The highest BCUT2D eigenvalue weighted by Gasteiger charge is 2.21. The molecule has 0 saturated heterocycles. The Labute approximate surface area is 285 Å². The number of hydrogen-bond acceptors (Lipinski definition) is 3. The van der Waals surface area contributed by atoms with Gasteiger partial charge in [-0.25, -0.2) is 0 Å². The minimum Gasteiger partial charge on any atom is -0.456 e. The lowest BCUT2D eigenvalue weighted by atomic mass is 10.0. The summed E-state index contributed by atoms with van der Waals surface area (Å²) in [6.45, 7) is 0. The van der Waals surface area contributed by atoms with Crippen LogP contribution in [0.2, 0.25) is 0 Å². The lowest BCUT2D eigenvalue weighted by molar-refractivity contribution is 0.669. The number of thiophene rings is 1. The van der Waals surface area contributed by atoms with Gasteiger partial charge in [0, 0.05) is 37.6 Å². The van der Waals surface area contributed by atoms with Crippen LogP contribution in [0.15, 0.2) is 168 Å². The lowest BCUT2D eigenvalue weighted by Gasteiger charge is -2.26. The molecule has 228 valence electrons. The Morgan fingerprint density at radius 1 is 0.388 bits per heavy atom. The maximum Gasteiger partial charge on any atom is 0.136 e. The largest absolute Gasteiger partial charge is 0.456 e. The van der Waals surface area contributed by atoms with Gasteiger partial charge in [-0.1, -0.05) is 115 Å². The monoisotopic (exact) mass is 641 g/mol. The third kappa shape index (κ3) is 3.94. The molecule has 2 heterocycles. The zero-order valence-corrected chi connectivity index (χ0v) is 27.2. The van der Waals surface area contributed by atoms with E-state index in [1.54, 1.807) is 0 Å². The van der Waals surface area contributed by atoms with Crippen LogP contribution in [-0.4, -0.2) is 0 Å². The van der Waals surface area contributed by atoms with Gasteiger partial charge in [-0.05, 0) is 91.6 Å². The predicted molar refractivity (Wildman–Crippen MR) is 211 cm³/mol. The zero-order chi connectivity index (χ0) is 32.1. The maximum absolute atomic E-state index is 6.44. The molecular formula is C46H27NOS. The number of hydrogen-bond donors (Lipinski definition) is 0. The SMILES string of the molecule is c1ccc2c(c1)ccc1cc(N(c3ccc4oc5ccc6ccccc6c5c4c3)c3cccc4c3sc3ccc5ccccc5c34)ccc12. The lowest BCUT2D eigenvalue weighted by Crippen LogP contribution is -2.10. The van der Waals surface area contributed by atoms with E-state index in [-0.39, 0.29) is 0 Å². The normalized spacial score (nSPS) is 12.1. The molecule has 0 fully saturated rings. The molecule has 2 aromatic heterocycles. The van der Waals surface area contributed by atoms with Gasteiger partial charge in [0.2, 0.25) is 0 Å². The third-order valence-corrected chi connectivity index (χ3v) is 11.4. The summed E-state index contributed by atoms with van der Waals surface area (Å²) in [6, 6.07) is 59.6. The molecule has 3 heteroatoms. The van der Waals surface area contributed by atoms with Crippen LogP contribution < -0.4 is 4.90 Å². The Hall–Kier alpha value is -6.16. The fraction of sp³-hybridized carbons (Fsp3) is 0. The number of furan rings is 1. The van der Waals surface area contributed by atoms with Crippen molar-refractivity contribution in [3.63, 3.8) is 0 Å². The average Bonchev–Trinajstić information content (AvgIpc) is 3.74. The Bertz CT molecular complexity index is 3130. The van der Waals surface area contributed by atoms with Crippen molar-refractivity contribution < 1.29 is 4.42 Å². The van der Waals surface area contributed by atoms with Gasteiger partial charge in [0.1, 0.15) is 11.2 Å². The molecule has 0 bridgehead atoms. The molecule has 2 nitrogen and oxygen atoms in total. The summed E-state index contributed by atoms with van der Waals surface area (Å²) in [4.78, 5) is 2.44. The van der Waals surface area contributed by atoms with E-state index in [0.717, 1.165) is 33.3 Å². The van der Waals surface area contributed by atoms with Crippen LogP contribution in [0.1, 0.15) is 0 Å². The number of nitrogens with zero attached hydrogens (tertiary/aromatic N) is 1. The van der Waals surface area contributed by atoms with Gasteiger partial charge in [0.25, 0.3) is 0 Å². The molecule has 0 amide bonds. The topological polar surface area (TPSA) is 16.4 Å². The molecule has 0 unspecified atom stereocenters. The summed E-state index contributed by atoms with van der Waals surface area (Å²) >= 11 is 1.88. The Morgan fingerprint density at radius 2 is 0.980 bits per heavy atom. The number of anilines is 3. The second-order valence-corrected chi connectivity index (χ2v) is 13.9. The second-order valence-electron chi connectivity index (χ2n) is 12.9. The molecule has 9 aromatic carbocycles. The van der Waals surface area contributed by atoms with Gasteiger partial charge in [0.15, 0.2) is 0 Å². The average molecular weight is 642 g/mol. The van der Waals surface area contributed by atoms with Crippen LogP contribution in [0, 0.1) is 0 Å². The summed E-state index contributed by atoms with van der Waals surface area (Å²) in [5, 5.41) is 14.9. The molecular weight excluding hydrogens is 615 g/mol. The standard InChI is InChI=1S/C46H27NOS/c1-4-11-34-28(8-1)16-17-31-26-32(20-22-35(31)34)47(33-21-24-41-39(27-33)44-36-12-5-2-9-29(36)18-23-42(44)48-41)40-15-7-14-38-45-37-13-6-3-10-30(37)19-25-43(45)49-46(38)40/h1-27H. The smallest absolute Gasteiger partial charge is 0.136 e. The minimum atomic E-state index is 0.895. The zero-order valence-electron chi connectivity index (χ0n) is 26.4.